The number of imide groups is 1. The zero-order valence-corrected chi connectivity index (χ0v) is 19.0. The molecule has 0 heterocycles. The Hall–Kier alpha value is -3.26. The summed E-state index contributed by atoms with van der Waals surface area (Å²) in [5, 5.41) is 5.18. The van der Waals surface area contributed by atoms with Crippen molar-refractivity contribution in [1.82, 2.24) is 5.32 Å². The molecule has 0 fully saturated rings. The zero-order valence-electron chi connectivity index (χ0n) is 17.4. The molecular weight excluding hydrogens is 437 g/mol. The van der Waals surface area contributed by atoms with Gasteiger partial charge in [-0.3, -0.25) is 0 Å². The van der Waals surface area contributed by atoms with Gasteiger partial charge in [0.2, 0.25) is 0 Å². The maximum atomic E-state index is 13.4. The van der Waals surface area contributed by atoms with Crippen LogP contribution in [0.4, 0.5) is 0 Å². The Kier molecular flexibility index (Phi) is 6.23. The number of hydrogen-bond acceptors (Lipinski definition) is 2. The fourth-order valence-corrected chi connectivity index (χ4v) is 9.82. The average molecular weight is 460 g/mol. The van der Waals surface area contributed by atoms with E-state index in [2.05, 4.69) is 5.32 Å². The molecule has 0 aliphatic carbocycles. The van der Waals surface area contributed by atoms with Gasteiger partial charge in [0.15, 0.2) is 0 Å². The normalized spacial score (nSPS) is 12.3. The van der Waals surface area contributed by atoms with Crippen molar-refractivity contribution in [2.45, 2.75) is 0 Å². The molecule has 0 aliphatic heterocycles. The minimum atomic E-state index is -3.76. The summed E-state index contributed by atoms with van der Waals surface area (Å²) in [5.41, 5.74) is 0.426. The van der Waals surface area contributed by atoms with Crippen molar-refractivity contribution in [1.29, 1.82) is 0 Å². The molecule has 0 aromatic heterocycles. The van der Waals surface area contributed by atoms with E-state index in [1.54, 1.807) is 24.3 Å². The third kappa shape index (κ3) is 3.98. The SMILES string of the molecule is O=C(CP(Cl)(c1ccccc1)(c1ccccc1)c1ccccc1)NC(=O)c1ccccc1. The van der Waals surface area contributed by atoms with Crippen molar-refractivity contribution in [3.63, 3.8) is 0 Å². The molecule has 0 radical (unpaired) electrons. The molecule has 0 saturated heterocycles. The molecule has 2 amide bonds. The first-order chi connectivity index (χ1) is 15.5. The molecule has 0 spiro atoms. The van der Waals surface area contributed by atoms with Crippen LogP contribution in [0.25, 0.3) is 0 Å². The number of rotatable bonds is 6. The van der Waals surface area contributed by atoms with E-state index in [9.17, 15) is 9.59 Å². The molecule has 4 rings (SSSR count). The molecule has 4 aromatic carbocycles. The number of amides is 2. The van der Waals surface area contributed by atoms with Crippen LogP contribution in [0, 0.1) is 0 Å². The predicted molar refractivity (Wildman–Crippen MR) is 135 cm³/mol. The fourth-order valence-electron chi connectivity index (χ4n) is 4.04. The van der Waals surface area contributed by atoms with Gasteiger partial charge in [-0.25, -0.2) is 0 Å². The van der Waals surface area contributed by atoms with Crippen LogP contribution in [0.15, 0.2) is 121 Å². The Labute approximate surface area is 192 Å². The first-order valence-corrected chi connectivity index (χ1v) is 13.6. The van der Waals surface area contributed by atoms with Crippen LogP contribution in [0.1, 0.15) is 10.4 Å². The predicted octanol–water partition coefficient (Wildman–Crippen LogP) is 4.63. The summed E-state index contributed by atoms with van der Waals surface area (Å²) in [6.45, 7) is 0. The zero-order chi connectivity index (χ0) is 22.5. The van der Waals surface area contributed by atoms with Crippen molar-refractivity contribution in [2.24, 2.45) is 0 Å². The maximum absolute atomic E-state index is 13.4. The van der Waals surface area contributed by atoms with Crippen LogP contribution >= 0.6 is 17.2 Å². The molecule has 32 heavy (non-hydrogen) atoms. The van der Waals surface area contributed by atoms with Crippen molar-refractivity contribution < 1.29 is 9.59 Å². The Bertz CT molecular complexity index is 1120. The molecule has 0 saturated carbocycles. The summed E-state index contributed by atoms with van der Waals surface area (Å²) >= 11 is 7.86. The number of benzene rings is 4. The topological polar surface area (TPSA) is 46.2 Å². The van der Waals surface area contributed by atoms with Crippen molar-refractivity contribution >= 4 is 44.9 Å². The molecule has 1 N–H and O–H groups in total. The van der Waals surface area contributed by atoms with E-state index in [4.69, 9.17) is 11.2 Å². The van der Waals surface area contributed by atoms with Gasteiger partial charge in [0.25, 0.3) is 0 Å². The quantitative estimate of drug-likeness (QED) is 0.427. The summed E-state index contributed by atoms with van der Waals surface area (Å²) in [6.07, 6.45) is -0.0379. The summed E-state index contributed by atoms with van der Waals surface area (Å²) in [7, 11) is 0. The van der Waals surface area contributed by atoms with Crippen LogP contribution in [-0.2, 0) is 4.79 Å². The second-order valence-electron chi connectivity index (χ2n) is 7.59. The third-order valence-corrected chi connectivity index (χ3v) is 12.7. The molecule has 4 aromatic rings. The van der Waals surface area contributed by atoms with Crippen LogP contribution < -0.4 is 21.2 Å². The second-order valence-corrected chi connectivity index (χ2v) is 14.1. The Balaban J connectivity index is 1.86. The van der Waals surface area contributed by atoms with Gasteiger partial charge < -0.3 is 0 Å². The van der Waals surface area contributed by atoms with Crippen molar-refractivity contribution in [3.05, 3.63) is 127 Å². The Morgan fingerprint density at radius 2 is 0.938 bits per heavy atom. The number of hydrogen-bond donors (Lipinski definition) is 1. The van der Waals surface area contributed by atoms with Gasteiger partial charge >= 0.3 is 193 Å². The van der Waals surface area contributed by atoms with Gasteiger partial charge in [-0.1, -0.05) is 0 Å². The second kappa shape index (κ2) is 9.08. The number of carbonyl (C=O) groups is 2. The average Bonchev–Trinajstić information content (AvgIpc) is 2.86. The van der Waals surface area contributed by atoms with Gasteiger partial charge in [-0.15, -0.1) is 0 Å². The summed E-state index contributed by atoms with van der Waals surface area (Å²) in [6, 6.07) is 37.9. The van der Waals surface area contributed by atoms with E-state index in [1.165, 1.54) is 0 Å². The molecule has 0 aliphatic rings. The molecule has 0 bridgehead atoms. The van der Waals surface area contributed by atoms with Gasteiger partial charge in [0.1, 0.15) is 0 Å². The molecule has 0 atom stereocenters. The number of nitrogens with one attached hydrogen (secondary N) is 1. The number of halogens is 1. The van der Waals surface area contributed by atoms with Gasteiger partial charge in [0.05, 0.1) is 0 Å². The summed E-state index contributed by atoms with van der Waals surface area (Å²) in [4.78, 5) is 26.1. The summed E-state index contributed by atoms with van der Waals surface area (Å²) in [5.74, 6) is -4.62. The number of carbonyl (C=O) groups excluding carboxylic acids is 2. The Morgan fingerprint density at radius 3 is 1.31 bits per heavy atom. The van der Waals surface area contributed by atoms with E-state index in [0.29, 0.717) is 5.56 Å². The Morgan fingerprint density at radius 1 is 0.594 bits per heavy atom. The first kappa shape index (κ1) is 22.0. The molecule has 5 heteroatoms. The molecular formula is C27H23ClNO2P. The van der Waals surface area contributed by atoms with Crippen LogP contribution in [-0.4, -0.2) is 18.0 Å². The van der Waals surface area contributed by atoms with E-state index in [0.717, 1.165) is 15.9 Å². The van der Waals surface area contributed by atoms with E-state index in [-0.39, 0.29) is 6.16 Å². The van der Waals surface area contributed by atoms with Crippen molar-refractivity contribution in [3.8, 4) is 0 Å². The van der Waals surface area contributed by atoms with E-state index in [1.807, 2.05) is 97.1 Å². The van der Waals surface area contributed by atoms with Gasteiger partial charge in [-0.05, 0) is 0 Å². The molecule has 0 unspecified atom stereocenters. The standard InChI is InChI=1S/C27H23ClNO2P/c28-32(23-15-7-2-8-16-23,24-17-9-3-10-18-24,25-19-11-4-12-20-25)21-26(30)29-27(31)22-13-5-1-6-14-22/h1-20H,21H2,(H,29,30,31). The molecule has 160 valence electrons. The van der Waals surface area contributed by atoms with E-state index < -0.39 is 17.8 Å². The van der Waals surface area contributed by atoms with Crippen LogP contribution in [0.3, 0.4) is 0 Å². The van der Waals surface area contributed by atoms with Gasteiger partial charge in [0, 0.05) is 0 Å². The monoisotopic (exact) mass is 459 g/mol. The van der Waals surface area contributed by atoms with Gasteiger partial charge in [-0.2, -0.15) is 0 Å². The van der Waals surface area contributed by atoms with Crippen molar-refractivity contribution in [2.75, 3.05) is 6.16 Å². The van der Waals surface area contributed by atoms with Crippen LogP contribution in [0.5, 0.6) is 0 Å². The fraction of sp³-hybridized carbons (Fsp3) is 0.0370. The third-order valence-electron chi connectivity index (χ3n) is 5.61. The molecule has 3 nitrogen and oxygen atoms in total. The van der Waals surface area contributed by atoms with Crippen LogP contribution in [0.2, 0.25) is 0 Å². The van der Waals surface area contributed by atoms with E-state index >= 15 is 0 Å². The minimum absolute atomic E-state index is 0.0379. The first-order valence-electron chi connectivity index (χ1n) is 10.3. The summed E-state index contributed by atoms with van der Waals surface area (Å²) < 4.78 is 0.